The highest BCUT2D eigenvalue weighted by molar-refractivity contribution is 5.21. The molecule has 0 bridgehead atoms. The van der Waals surface area contributed by atoms with E-state index in [1.54, 1.807) is 0 Å². The van der Waals surface area contributed by atoms with Gasteiger partial charge >= 0.3 is 0 Å². The van der Waals surface area contributed by atoms with Crippen molar-refractivity contribution in [1.29, 1.82) is 0 Å². The second-order valence-electron chi connectivity index (χ2n) is 2.93. The second-order valence-corrected chi connectivity index (χ2v) is 2.93. The van der Waals surface area contributed by atoms with Gasteiger partial charge in [-0.2, -0.15) is 0 Å². The first kappa shape index (κ1) is 11.2. The molecule has 0 aliphatic carbocycles. The van der Waals surface area contributed by atoms with Crippen molar-refractivity contribution in [1.82, 2.24) is 0 Å². The van der Waals surface area contributed by atoms with Crippen LogP contribution in [0.3, 0.4) is 0 Å². The van der Waals surface area contributed by atoms with Crippen LogP contribution in [0.25, 0.3) is 0 Å². The molecule has 0 saturated heterocycles. The average molecular weight is 196 g/mol. The van der Waals surface area contributed by atoms with Gasteiger partial charge in [0.25, 0.3) is 0 Å². The van der Waals surface area contributed by atoms with Crippen molar-refractivity contribution in [2.24, 2.45) is 0 Å². The van der Waals surface area contributed by atoms with Gasteiger partial charge in [0.1, 0.15) is 6.79 Å². The fourth-order valence-corrected chi connectivity index (χ4v) is 1.12. The fraction of sp³-hybridized carbons (Fsp3) is 0.455. The number of ether oxygens (including phenoxy) is 2. The van der Waals surface area contributed by atoms with E-state index in [-0.39, 0.29) is 6.79 Å². The highest BCUT2D eigenvalue weighted by Gasteiger charge is 1.94. The van der Waals surface area contributed by atoms with E-state index in [1.165, 1.54) is 0 Å². The van der Waals surface area contributed by atoms with Gasteiger partial charge in [0.05, 0.1) is 13.2 Å². The van der Waals surface area contributed by atoms with Gasteiger partial charge in [-0.25, -0.2) is 0 Å². The number of aliphatic hydroxyl groups excluding tert-OH is 1. The highest BCUT2D eigenvalue weighted by Crippen LogP contribution is 2.06. The molecular formula is C11H16O3. The van der Waals surface area contributed by atoms with Crippen LogP contribution in [0.2, 0.25) is 0 Å². The molecule has 1 aromatic rings. The lowest BCUT2D eigenvalue weighted by Crippen LogP contribution is -1.95. The van der Waals surface area contributed by atoms with E-state index < -0.39 is 0 Å². The summed E-state index contributed by atoms with van der Waals surface area (Å²) < 4.78 is 10.1. The van der Waals surface area contributed by atoms with E-state index in [0.717, 1.165) is 17.7 Å². The van der Waals surface area contributed by atoms with Crippen LogP contribution in [0.15, 0.2) is 24.3 Å². The molecule has 14 heavy (non-hydrogen) atoms. The van der Waals surface area contributed by atoms with Gasteiger partial charge in [0.2, 0.25) is 0 Å². The third-order valence-electron chi connectivity index (χ3n) is 1.86. The van der Waals surface area contributed by atoms with Crippen molar-refractivity contribution in [3.05, 3.63) is 35.4 Å². The van der Waals surface area contributed by atoms with Gasteiger partial charge in [-0.05, 0) is 18.1 Å². The monoisotopic (exact) mass is 196 g/mol. The smallest absolute Gasteiger partial charge is 0.144 e. The number of rotatable bonds is 6. The summed E-state index contributed by atoms with van der Waals surface area (Å²) in [7, 11) is 0. The van der Waals surface area contributed by atoms with Crippen molar-refractivity contribution in [2.75, 3.05) is 13.4 Å². The maximum absolute atomic E-state index is 8.46. The van der Waals surface area contributed by atoms with Crippen LogP contribution < -0.4 is 0 Å². The van der Waals surface area contributed by atoms with Gasteiger partial charge in [-0.3, -0.25) is 0 Å². The molecule has 0 fully saturated rings. The van der Waals surface area contributed by atoms with Crippen molar-refractivity contribution >= 4 is 0 Å². The average Bonchev–Trinajstić information content (AvgIpc) is 2.25. The Morgan fingerprint density at radius 2 is 1.50 bits per heavy atom. The third-order valence-corrected chi connectivity index (χ3v) is 1.86. The van der Waals surface area contributed by atoms with Gasteiger partial charge in [0.15, 0.2) is 0 Å². The topological polar surface area (TPSA) is 38.7 Å². The molecule has 78 valence electrons. The lowest BCUT2D eigenvalue weighted by atomic mass is 10.1. The third kappa shape index (κ3) is 3.87. The number of benzene rings is 1. The summed E-state index contributed by atoms with van der Waals surface area (Å²) >= 11 is 0. The normalized spacial score (nSPS) is 10.4. The van der Waals surface area contributed by atoms with Crippen LogP contribution in [0.5, 0.6) is 0 Å². The highest BCUT2D eigenvalue weighted by atomic mass is 16.6. The first-order valence-corrected chi connectivity index (χ1v) is 4.71. The molecule has 0 heterocycles. The van der Waals surface area contributed by atoms with Gasteiger partial charge in [0, 0.05) is 6.61 Å². The summed E-state index contributed by atoms with van der Waals surface area (Å²) in [5.41, 5.74) is 2.21. The minimum absolute atomic E-state index is 0.235. The van der Waals surface area contributed by atoms with Gasteiger partial charge in [-0.1, -0.05) is 24.3 Å². The van der Waals surface area contributed by atoms with Crippen LogP contribution in [0.4, 0.5) is 0 Å². The summed E-state index contributed by atoms with van der Waals surface area (Å²) in [4.78, 5) is 0. The molecule has 3 nitrogen and oxygen atoms in total. The largest absolute Gasteiger partial charge is 0.377 e. The Labute approximate surface area is 84.3 Å². The quantitative estimate of drug-likeness (QED) is 0.704. The van der Waals surface area contributed by atoms with Crippen LogP contribution in [-0.2, 0) is 22.7 Å². The summed E-state index contributed by atoms with van der Waals surface area (Å²) in [5, 5.41) is 8.46. The van der Waals surface area contributed by atoms with E-state index in [0.29, 0.717) is 13.2 Å². The SMILES string of the molecule is CCOCc1ccc(COCO)cc1. The van der Waals surface area contributed by atoms with Crippen LogP contribution in [-0.4, -0.2) is 18.5 Å². The van der Waals surface area contributed by atoms with Gasteiger partial charge < -0.3 is 14.6 Å². The molecule has 0 radical (unpaired) electrons. The lowest BCUT2D eigenvalue weighted by molar-refractivity contribution is -0.0112. The lowest BCUT2D eigenvalue weighted by Gasteiger charge is -2.04. The first-order chi connectivity index (χ1) is 6.86. The fourth-order valence-electron chi connectivity index (χ4n) is 1.12. The number of hydrogen-bond donors (Lipinski definition) is 1. The Balaban J connectivity index is 2.42. The van der Waals surface area contributed by atoms with E-state index >= 15 is 0 Å². The summed E-state index contributed by atoms with van der Waals surface area (Å²) in [6.45, 7) is 3.57. The zero-order chi connectivity index (χ0) is 10.2. The summed E-state index contributed by atoms with van der Waals surface area (Å²) in [6.07, 6.45) is 0. The molecule has 0 spiro atoms. The molecule has 0 amide bonds. The zero-order valence-electron chi connectivity index (χ0n) is 8.40. The van der Waals surface area contributed by atoms with Crippen molar-refractivity contribution in [3.8, 4) is 0 Å². The Hall–Kier alpha value is -0.900. The van der Waals surface area contributed by atoms with Crippen molar-refractivity contribution in [2.45, 2.75) is 20.1 Å². The van der Waals surface area contributed by atoms with Crippen molar-refractivity contribution < 1.29 is 14.6 Å². The molecule has 0 aliphatic heterocycles. The van der Waals surface area contributed by atoms with E-state index in [4.69, 9.17) is 14.6 Å². The molecule has 3 heteroatoms. The van der Waals surface area contributed by atoms with E-state index in [2.05, 4.69) is 0 Å². The Morgan fingerprint density at radius 1 is 1.00 bits per heavy atom. The van der Waals surface area contributed by atoms with Gasteiger partial charge in [-0.15, -0.1) is 0 Å². The van der Waals surface area contributed by atoms with Crippen LogP contribution >= 0.6 is 0 Å². The Kier molecular flexibility index (Phi) is 5.22. The summed E-state index contributed by atoms with van der Waals surface area (Å²) in [5.74, 6) is 0. The minimum Gasteiger partial charge on any atom is -0.377 e. The maximum Gasteiger partial charge on any atom is 0.144 e. The molecule has 0 unspecified atom stereocenters. The van der Waals surface area contributed by atoms with E-state index in [1.807, 2.05) is 31.2 Å². The summed E-state index contributed by atoms with van der Waals surface area (Å²) in [6, 6.07) is 7.96. The standard InChI is InChI=1S/C11H16O3/c1-2-13-7-10-3-5-11(6-4-10)8-14-9-12/h3-6,12H,2,7-9H2,1H3. The Morgan fingerprint density at radius 3 is 1.93 bits per heavy atom. The van der Waals surface area contributed by atoms with Crippen molar-refractivity contribution in [3.63, 3.8) is 0 Å². The molecule has 0 aliphatic rings. The van der Waals surface area contributed by atoms with Crippen LogP contribution in [0, 0.1) is 0 Å². The minimum atomic E-state index is -0.235. The maximum atomic E-state index is 8.46. The number of aliphatic hydroxyl groups is 1. The second kappa shape index (κ2) is 6.54. The van der Waals surface area contributed by atoms with Crippen LogP contribution in [0.1, 0.15) is 18.1 Å². The first-order valence-electron chi connectivity index (χ1n) is 4.71. The van der Waals surface area contributed by atoms with E-state index in [9.17, 15) is 0 Å². The number of hydrogen-bond acceptors (Lipinski definition) is 3. The molecular weight excluding hydrogens is 180 g/mol. The zero-order valence-corrected chi connectivity index (χ0v) is 8.40. The molecule has 1 aromatic carbocycles. The molecule has 0 atom stereocenters. The molecule has 0 aromatic heterocycles. The predicted octanol–water partition coefficient (Wildman–Crippen LogP) is 1.69. The molecule has 1 N–H and O–H groups in total. The molecule has 1 rings (SSSR count). The Bertz CT molecular complexity index is 216. The predicted molar refractivity (Wildman–Crippen MR) is 53.6 cm³/mol. The molecule has 0 saturated carbocycles.